The fourth-order valence-corrected chi connectivity index (χ4v) is 3.23. The lowest BCUT2D eigenvalue weighted by molar-refractivity contribution is 0.677. The van der Waals surface area contributed by atoms with Gasteiger partial charge >= 0.3 is 0 Å². The molecule has 0 radical (unpaired) electrons. The summed E-state index contributed by atoms with van der Waals surface area (Å²) in [6, 6.07) is 13.4. The average molecular weight is 285 g/mol. The Morgan fingerprint density at radius 1 is 1.20 bits per heavy atom. The SMILES string of the molecule is Cc1cccc2[nH]c(S(=O)Cc3ccccc3N)nc12. The van der Waals surface area contributed by atoms with Crippen LogP contribution in [0.2, 0.25) is 0 Å². The first-order chi connectivity index (χ1) is 9.65. The lowest BCUT2D eigenvalue weighted by atomic mass is 10.2. The number of rotatable bonds is 3. The summed E-state index contributed by atoms with van der Waals surface area (Å²) >= 11 is 0. The van der Waals surface area contributed by atoms with E-state index in [1.807, 2.05) is 49.4 Å². The lowest BCUT2D eigenvalue weighted by Crippen LogP contribution is -2.01. The number of aromatic nitrogens is 2. The minimum Gasteiger partial charge on any atom is -0.398 e. The maximum atomic E-state index is 12.4. The van der Waals surface area contributed by atoms with Gasteiger partial charge in [0.2, 0.25) is 0 Å². The van der Waals surface area contributed by atoms with Crippen LogP contribution in [0, 0.1) is 6.92 Å². The molecule has 3 rings (SSSR count). The summed E-state index contributed by atoms with van der Waals surface area (Å²) in [5, 5.41) is 0.498. The Balaban J connectivity index is 1.93. The monoisotopic (exact) mass is 285 g/mol. The molecule has 0 amide bonds. The molecule has 0 bridgehead atoms. The van der Waals surface area contributed by atoms with E-state index < -0.39 is 10.8 Å². The van der Waals surface area contributed by atoms with Gasteiger partial charge in [0.25, 0.3) is 0 Å². The van der Waals surface area contributed by atoms with Crippen LogP contribution in [0.1, 0.15) is 11.1 Å². The number of imidazole rings is 1. The third-order valence-corrected chi connectivity index (χ3v) is 4.45. The summed E-state index contributed by atoms with van der Waals surface area (Å²) in [6.07, 6.45) is 0. The molecule has 3 N–H and O–H groups in total. The molecule has 0 saturated carbocycles. The van der Waals surface area contributed by atoms with Crippen molar-refractivity contribution in [2.45, 2.75) is 17.8 Å². The van der Waals surface area contributed by atoms with Crippen LogP contribution in [-0.4, -0.2) is 14.2 Å². The van der Waals surface area contributed by atoms with E-state index in [9.17, 15) is 4.21 Å². The van der Waals surface area contributed by atoms with Crippen LogP contribution in [0.25, 0.3) is 11.0 Å². The van der Waals surface area contributed by atoms with Crippen molar-refractivity contribution in [2.75, 3.05) is 5.73 Å². The molecule has 1 heterocycles. The fourth-order valence-electron chi connectivity index (χ4n) is 2.14. The van der Waals surface area contributed by atoms with Crippen molar-refractivity contribution in [3.63, 3.8) is 0 Å². The minimum atomic E-state index is -1.23. The molecule has 1 aromatic heterocycles. The molecular formula is C15H15N3OS. The molecule has 2 aromatic carbocycles. The minimum absolute atomic E-state index is 0.367. The van der Waals surface area contributed by atoms with E-state index in [0.717, 1.165) is 22.2 Å². The van der Waals surface area contributed by atoms with E-state index in [1.54, 1.807) is 0 Å². The number of hydrogen-bond acceptors (Lipinski definition) is 3. The number of nitrogens with two attached hydrogens (primary N) is 1. The van der Waals surface area contributed by atoms with E-state index in [4.69, 9.17) is 5.73 Å². The number of hydrogen-bond donors (Lipinski definition) is 2. The Hall–Kier alpha value is -2.14. The van der Waals surface area contributed by atoms with Crippen molar-refractivity contribution in [3.8, 4) is 0 Å². The zero-order chi connectivity index (χ0) is 14.1. The summed E-state index contributed by atoms with van der Waals surface area (Å²) in [6.45, 7) is 1.99. The largest absolute Gasteiger partial charge is 0.398 e. The Morgan fingerprint density at radius 3 is 2.75 bits per heavy atom. The molecule has 4 nitrogen and oxygen atoms in total. The third-order valence-electron chi connectivity index (χ3n) is 3.25. The molecule has 0 aliphatic rings. The molecule has 102 valence electrons. The first kappa shape index (κ1) is 12.9. The number of anilines is 1. The van der Waals surface area contributed by atoms with Crippen LogP contribution in [0.3, 0.4) is 0 Å². The summed E-state index contributed by atoms with van der Waals surface area (Å²) in [4.78, 5) is 7.57. The average Bonchev–Trinajstić information content (AvgIpc) is 2.87. The molecule has 1 atom stereocenters. The molecule has 0 spiro atoms. The van der Waals surface area contributed by atoms with Gasteiger partial charge in [0.15, 0.2) is 5.16 Å². The fraction of sp³-hybridized carbons (Fsp3) is 0.133. The standard InChI is InChI=1S/C15H15N3OS/c1-10-5-4-8-13-14(10)18-15(17-13)20(19)9-11-6-2-3-7-12(11)16/h2-8H,9,16H2,1H3,(H,17,18). The predicted octanol–water partition coefficient (Wildman–Crippen LogP) is 2.76. The smallest absolute Gasteiger partial charge is 0.197 e. The van der Waals surface area contributed by atoms with Gasteiger partial charge in [0, 0.05) is 5.69 Å². The van der Waals surface area contributed by atoms with Crippen molar-refractivity contribution in [3.05, 3.63) is 53.6 Å². The molecule has 3 aromatic rings. The Labute approximate surface area is 119 Å². The van der Waals surface area contributed by atoms with Crippen molar-refractivity contribution >= 4 is 27.5 Å². The second kappa shape index (κ2) is 5.09. The lowest BCUT2D eigenvalue weighted by Gasteiger charge is -2.03. The van der Waals surface area contributed by atoms with E-state index in [0.29, 0.717) is 16.6 Å². The van der Waals surface area contributed by atoms with Gasteiger partial charge in [-0.05, 0) is 30.2 Å². The molecule has 0 saturated heterocycles. The van der Waals surface area contributed by atoms with Crippen LogP contribution < -0.4 is 5.73 Å². The highest BCUT2D eigenvalue weighted by Crippen LogP contribution is 2.20. The van der Waals surface area contributed by atoms with Crippen LogP contribution in [0.15, 0.2) is 47.6 Å². The third kappa shape index (κ3) is 2.32. The van der Waals surface area contributed by atoms with E-state index >= 15 is 0 Å². The van der Waals surface area contributed by atoms with Crippen molar-refractivity contribution in [1.82, 2.24) is 9.97 Å². The molecule has 20 heavy (non-hydrogen) atoms. The molecular weight excluding hydrogens is 270 g/mol. The zero-order valence-electron chi connectivity index (χ0n) is 11.1. The summed E-state index contributed by atoms with van der Waals surface area (Å²) in [7, 11) is -1.23. The van der Waals surface area contributed by atoms with Gasteiger partial charge in [0.1, 0.15) is 0 Å². The second-order valence-corrected chi connectivity index (χ2v) is 6.07. The van der Waals surface area contributed by atoms with Crippen molar-refractivity contribution in [2.24, 2.45) is 0 Å². The number of aryl methyl sites for hydroxylation is 1. The van der Waals surface area contributed by atoms with Gasteiger partial charge in [-0.25, -0.2) is 4.98 Å². The highest BCUT2D eigenvalue weighted by atomic mass is 32.2. The van der Waals surface area contributed by atoms with Crippen LogP contribution in [0.4, 0.5) is 5.69 Å². The maximum absolute atomic E-state index is 12.4. The van der Waals surface area contributed by atoms with Gasteiger partial charge in [-0.15, -0.1) is 0 Å². The molecule has 1 unspecified atom stereocenters. The first-order valence-corrected chi connectivity index (χ1v) is 7.64. The normalized spacial score (nSPS) is 12.7. The Morgan fingerprint density at radius 2 is 2.00 bits per heavy atom. The van der Waals surface area contributed by atoms with Crippen LogP contribution in [-0.2, 0) is 16.6 Å². The number of para-hydroxylation sites is 2. The van der Waals surface area contributed by atoms with E-state index in [-0.39, 0.29) is 0 Å². The molecule has 5 heteroatoms. The number of H-pyrrole nitrogens is 1. The van der Waals surface area contributed by atoms with Gasteiger partial charge < -0.3 is 10.7 Å². The molecule has 0 aliphatic heterocycles. The second-order valence-electron chi connectivity index (χ2n) is 4.70. The highest BCUT2D eigenvalue weighted by Gasteiger charge is 2.12. The quantitative estimate of drug-likeness (QED) is 0.727. The Kier molecular flexibility index (Phi) is 3.28. The number of nitrogen functional groups attached to an aromatic ring is 1. The maximum Gasteiger partial charge on any atom is 0.197 e. The van der Waals surface area contributed by atoms with Crippen LogP contribution >= 0.6 is 0 Å². The van der Waals surface area contributed by atoms with Crippen molar-refractivity contribution in [1.29, 1.82) is 0 Å². The number of fused-ring (bicyclic) bond motifs is 1. The van der Waals surface area contributed by atoms with Gasteiger partial charge in [-0.3, -0.25) is 4.21 Å². The number of nitrogens with one attached hydrogen (secondary N) is 1. The first-order valence-electron chi connectivity index (χ1n) is 6.32. The molecule has 0 fully saturated rings. The molecule has 0 aliphatic carbocycles. The summed E-state index contributed by atoms with van der Waals surface area (Å²) < 4.78 is 12.4. The number of nitrogens with zero attached hydrogens (tertiary/aromatic N) is 1. The summed E-state index contributed by atoms with van der Waals surface area (Å²) in [5.74, 6) is 0.367. The van der Waals surface area contributed by atoms with E-state index in [2.05, 4.69) is 9.97 Å². The summed E-state index contributed by atoms with van der Waals surface area (Å²) in [5.41, 5.74) is 10.3. The van der Waals surface area contributed by atoms with Crippen LogP contribution in [0.5, 0.6) is 0 Å². The number of aromatic amines is 1. The van der Waals surface area contributed by atoms with Crippen molar-refractivity contribution < 1.29 is 4.21 Å². The number of benzene rings is 2. The van der Waals surface area contributed by atoms with Gasteiger partial charge in [0.05, 0.1) is 27.6 Å². The van der Waals surface area contributed by atoms with Gasteiger partial charge in [-0.2, -0.15) is 0 Å². The topological polar surface area (TPSA) is 71.8 Å². The Bertz CT molecular complexity index is 795. The highest BCUT2D eigenvalue weighted by molar-refractivity contribution is 7.84. The predicted molar refractivity (Wildman–Crippen MR) is 81.8 cm³/mol. The van der Waals surface area contributed by atoms with Gasteiger partial charge in [-0.1, -0.05) is 30.3 Å². The zero-order valence-corrected chi connectivity index (χ0v) is 11.9. The van der Waals surface area contributed by atoms with E-state index in [1.165, 1.54) is 0 Å².